The summed E-state index contributed by atoms with van der Waals surface area (Å²) in [5, 5.41) is 28.9. The molecule has 0 aromatic heterocycles. The van der Waals surface area contributed by atoms with Gasteiger partial charge in [0.1, 0.15) is 0 Å². The molecule has 1 aliphatic rings. The van der Waals surface area contributed by atoms with Gasteiger partial charge in [0.25, 0.3) is 0 Å². The van der Waals surface area contributed by atoms with Gasteiger partial charge >= 0.3 is 5.97 Å². The Morgan fingerprint density at radius 1 is 1.17 bits per heavy atom. The quantitative estimate of drug-likeness (QED) is 0.345. The van der Waals surface area contributed by atoms with Crippen molar-refractivity contribution in [2.24, 2.45) is 11.8 Å². The lowest BCUT2D eigenvalue weighted by molar-refractivity contribution is -0.137. The molecule has 0 amide bonds. The van der Waals surface area contributed by atoms with E-state index in [0.717, 1.165) is 51.4 Å². The molecule has 0 aromatic carbocycles. The average Bonchev–Trinajstić information content (AvgIpc) is 2.89. The number of allylic oxidation sites excluding steroid dienone is 2. The second-order valence-electron chi connectivity index (χ2n) is 7.29. The normalized spacial score (nSPS) is 25.4. The Bertz CT molecular complexity index is 367. The summed E-state index contributed by atoms with van der Waals surface area (Å²) in [4.78, 5) is 10.5. The predicted molar refractivity (Wildman–Crippen MR) is 96.8 cm³/mol. The van der Waals surface area contributed by atoms with Gasteiger partial charge in [-0.2, -0.15) is 0 Å². The van der Waals surface area contributed by atoms with Crippen LogP contribution in [0.4, 0.5) is 0 Å². The molecular weight excluding hydrogens is 304 g/mol. The maximum Gasteiger partial charge on any atom is 0.303 e. The molecular formula is C20H36O4. The molecule has 1 fully saturated rings. The molecule has 1 saturated carbocycles. The third-order valence-corrected chi connectivity index (χ3v) is 5.28. The van der Waals surface area contributed by atoms with Crippen LogP contribution >= 0.6 is 0 Å². The SMILES string of the molecule is CCCCCC(O)CCC1CC[C@@H](O)C1C/C=C\CCCC(=O)O. The van der Waals surface area contributed by atoms with Crippen LogP contribution in [-0.4, -0.2) is 33.5 Å². The van der Waals surface area contributed by atoms with Crippen molar-refractivity contribution in [3.8, 4) is 0 Å². The van der Waals surface area contributed by atoms with Crippen LogP contribution in [0.25, 0.3) is 0 Å². The molecule has 0 aliphatic heterocycles. The summed E-state index contributed by atoms with van der Waals surface area (Å²) in [5.74, 6) is 0.0558. The van der Waals surface area contributed by atoms with E-state index in [1.54, 1.807) is 0 Å². The Hall–Kier alpha value is -0.870. The summed E-state index contributed by atoms with van der Waals surface area (Å²) in [5.41, 5.74) is 0. The van der Waals surface area contributed by atoms with E-state index in [1.165, 1.54) is 12.8 Å². The van der Waals surface area contributed by atoms with Crippen molar-refractivity contribution in [3.63, 3.8) is 0 Å². The number of aliphatic carboxylic acids is 1. The molecule has 0 spiro atoms. The average molecular weight is 341 g/mol. The number of carbonyl (C=O) groups is 1. The smallest absolute Gasteiger partial charge is 0.303 e. The van der Waals surface area contributed by atoms with Gasteiger partial charge in [-0.1, -0.05) is 38.3 Å². The van der Waals surface area contributed by atoms with Gasteiger partial charge < -0.3 is 15.3 Å². The first-order chi connectivity index (χ1) is 11.5. The van der Waals surface area contributed by atoms with Crippen molar-refractivity contribution < 1.29 is 20.1 Å². The second-order valence-corrected chi connectivity index (χ2v) is 7.29. The first kappa shape index (κ1) is 21.2. The fourth-order valence-electron chi connectivity index (χ4n) is 3.76. The number of aliphatic hydroxyl groups is 2. The van der Waals surface area contributed by atoms with E-state index < -0.39 is 5.97 Å². The molecule has 0 heterocycles. The lowest BCUT2D eigenvalue weighted by atomic mass is 9.86. The van der Waals surface area contributed by atoms with Gasteiger partial charge in [0.15, 0.2) is 0 Å². The van der Waals surface area contributed by atoms with Gasteiger partial charge in [-0.3, -0.25) is 4.79 Å². The highest BCUT2D eigenvalue weighted by Gasteiger charge is 2.33. The molecule has 4 atom stereocenters. The van der Waals surface area contributed by atoms with Crippen LogP contribution in [-0.2, 0) is 4.79 Å². The molecule has 24 heavy (non-hydrogen) atoms. The topological polar surface area (TPSA) is 77.8 Å². The zero-order chi connectivity index (χ0) is 17.8. The summed E-state index contributed by atoms with van der Waals surface area (Å²) in [6, 6.07) is 0. The fraction of sp³-hybridized carbons (Fsp3) is 0.850. The van der Waals surface area contributed by atoms with Gasteiger partial charge in [-0.05, 0) is 63.2 Å². The number of unbranched alkanes of at least 4 members (excludes halogenated alkanes) is 3. The van der Waals surface area contributed by atoms with Crippen molar-refractivity contribution in [3.05, 3.63) is 12.2 Å². The van der Waals surface area contributed by atoms with E-state index in [1.807, 2.05) is 6.08 Å². The van der Waals surface area contributed by atoms with E-state index >= 15 is 0 Å². The zero-order valence-electron chi connectivity index (χ0n) is 15.2. The third kappa shape index (κ3) is 8.84. The molecule has 1 rings (SSSR count). The molecule has 4 nitrogen and oxygen atoms in total. The van der Waals surface area contributed by atoms with Crippen molar-refractivity contribution in [1.29, 1.82) is 0 Å². The van der Waals surface area contributed by atoms with Crippen LogP contribution in [0.2, 0.25) is 0 Å². The lowest BCUT2D eigenvalue weighted by Gasteiger charge is -2.22. The Kier molecular flexibility index (Phi) is 11.0. The second kappa shape index (κ2) is 12.5. The van der Waals surface area contributed by atoms with Crippen LogP contribution in [0.5, 0.6) is 0 Å². The number of hydrogen-bond acceptors (Lipinski definition) is 3. The largest absolute Gasteiger partial charge is 0.481 e. The standard InChI is InChI=1S/C20H36O4/c1-2-3-6-9-17(21)14-12-16-13-15-19(22)18(16)10-7-4-5-8-11-20(23)24/h4,7,16-19,21-22H,2-3,5-6,8-15H2,1H3,(H,23,24)/b7-4-/t16?,17?,18?,19-/m1/s1. The van der Waals surface area contributed by atoms with Crippen LogP contribution in [0.3, 0.4) is 0 Å². The summed E-state index contributed by atoms with van der Waals surface area (Å²) < 4.78 is 0. The highest BCUT2D eigenvalue weighted by molar-refractivity contribution is 5.66. The minimum atomic E-state index is -0.743. The first-order valence-electron chi connectivity index (χ1n) is 9.77. The minimum Gasteiger partial charge on any atom is -0.481 e. The van der Waals surface area contributed by atoms with Crippen molar-refractivity contribution in [2.45, 2.75) is 96.2 Å². The molecule has 4 heteroatoms. The zero-order valence-corrected chi connectivity index (χ0v) is 15.2. The monoisotopic (exact) mass is 340 g/mol. The Morgan fingerprint density at radius 2 is 1.96 bits per heavy atom. The van der Waals surface area contributed by atoms with E-state index in [0.29, 0.717) is 18.3 Å². The van der Waals surface area contributed by atoms with Crippen LogP contribution in [0.15, 0.2) is 12.2 Å². The van der Waals surface area contributed by atoms with E-state index in [2.05, 4.69) is 13.0 Å². The van der Waals surface area contributed by atoms with Crippen LogP contribution in [0, 0.1) is 11.8 Å². The molecule has 0 aromatic rings. The number of aliphatic hydroxyl groups excluding tert-OH is 2. The highest BCUT2D eigenvalue weighted by atomic mass is 16.4. The van der Waals surface area contributed by atoms with Crippen molar-refractivity contribution >= 4 is 5.97 Å². The van der Waals surface area contributed by atoms with Crippen molar-refractivity contribution in [1.82, 2.24) is 0 Å². The van der Waals surface area contributed by atoms with Crippen molar-refractivity contribution in [2.75, 3.05) is 0 Å². The fourth-order valence-corrected chi connectivity index (χ4v) is 3.76. The van der Waals surface area contributed by atoms with Gasteiger partial charge in [-0.15, -0.1) is 0 Å². The maximum atomic E-state index is 10.5. The molecule has 140 valence electrons. The van der Waals surface area contributed by atoms with Gasteiger partial charge in [0.05, 0.1) is 12.2 Å². The predicted octanol–water partition coefficient (Wildman–Crippen LogP) is 4.30. The molecule has 3 unspecified atom stereocenters. The Labute approximate surface area is 147 Å². The van der Waals surface area contributed by atoms with Gasteiger partial charge in [0, 0.05) is 6.42 Å². The number of hydrogen-bond donors (Lipinski definition) is 3. The number of carboxylic acid groups (broad SMARTS) is 1. The van der Waals surface area contributed by atoms with Gasteiger partial charge in [0.2, 0.25) is 0 Å². The molecule has 1 aliphatic carbocycles. The molecule has 0 saturated heterocycles. The van der Waals surface area contributed by atoms with E-state index in [4.69, 9.17) is 5.11 Å². The Morgan fingerprint density at radius 3 is 2.67 bits per heavy atom. The van der Waals surface area contributed by atoms with Crippen LogP contribution in [0.1, 0.15) is 84.0 Å². The van der Waals surface area contributed by atoms with E-state index in [-0.39, 0.29) is 18.6 Å². The lowest BCUT2D eigenvalue weighted by Crippen LogP contribution is -2.20. The number of carboxylic acids is 1. The molecule has 3 N–H and O–H groups in total. The summed E-state index contributed by atoms with van der Waals surface area (Å²) in [6.45, 7) is 2.17. The summed E-state index contributed by atoms with van der Waals surface area (Å²) in [7, 11) is 0. The van der Waals surface area contributed by atoms with Crippen LogP contribution < -0.4 is 0 Å². The molecule has 0 bridgehead atoms. The van der Waals surface area contributed by atoms with E-state index in [9.17, 15) is 15.0 Å². The molecule has 0 radical (unpaired) electrons. The Balaban J connectivity index is 2.26. The first-order valence-corrected chi connectivity index (χ1v) is 9.77. The highest BCUT2D eigenvalue weighted by Crippen LogP contribution is 2.38. The summed E-state index contributed by atoms with van der Waals surface area (Å²) >= 11 is 0. The third-order valence-electron chi connectivity index (χ3n) is 5.28. The van der Waals surface area contributed by atoms with Gasteiger partial charge in [-0.25, -0.2) is 0 Å². The minimum absolute atomic E-state index is 0.193. The maximum absolute atomic E-state index is 10.5. The summed E-state index contributed by atoms with van der Waals surface area (Å²) in [6.07, 6.45) is 14.4. The number of rotatable bonds is 13.